The Morgan fingerprint density at radius 1 is 1.25 bits per heavy atom. The van der Waals surface area contributed by atoms with E-state index >= 15 is 4.39 Å². The zero-order chi connectivity index (χ0) is 25.0. The number of halogens is 3. The van der Waals surface area contributed by atoms with E-state index in [4.69, 9.17) is 21.3 Å². The summed E-state index contributed by atoms with van der Waals surface area (Å²) in [4.78, 5) is 29.5. The highest BCUT2D eigenvalue weighted by Crippen LogP contribution is 2.42. The number of likely N-dealkylation sites (tertiary alicyclic amines) is 1. The highest BCUT2D eigenvalue weighted by atomic mass is 35.5. The Kier molecular flexibility index (Phi) is 5.44. The molecule has 0 unspecified atom stereocenters. The largest absolute Gasteiger partial charge is 0.489 e. The minimum atomic E-state index is -1.34. The third-order valence-corrected chi connectivity index (χ3v) is 7.39. The van der Waals surface area contributed by atoms with E-state index in [0.717, 1.165) is 12.2 Å². The van der Waals surface area contributed by atoms with Crippen LogP contribution < -0.4 is 15.0 Å². The normalized spacial score (nSPS) is 21.6. The number of rotatable bonds is 7. The Bertz CT molecular complexity index is 1380. The average Bonchev–Trinajstić information content (AvgIpc) is 3.29. The molecule has 8 nitrogen and oxygen atoms in total. The van der Waals surface area contributed by atoms with Crippen LogP contribution in [0.3, 0.4) is 0 Å². The molecule has 0 radical (unpaired) electrons. The zero-order valence-electron chi connectivity index (χ0n) is 19.3. The van der Waals surface area contributed by atoms with Gasteiger partial charge in [-0.25, -0.2) is 23.7 Å². The summed E-state index contributed by atoms with van der Waals surface area (Å²) in [6.07, 6.45) is 4.47. The lowest BCUT2D eigenvalue weighted by Gasteiger charge is -2.34. The highest BCUT2D eigenvalue weighted by Gasteiger charge is 2.45. The molecule has 2 aliphatic heterocycles. The molecule has 3 fully saturated rings. The second-order valence-electron chi connectivity index (χ2n) is 9.45. The molecule has 2 bridgehead atoms. The monoisotopic (exact) mass is 512 g/mol. The summed E-state index contributed by atoms with van der Waals surface area (Å²) in [5.41, 5.74) is -0.192. The molecule has 2 atom stereocenters. The molecule has 4 heterocycles. The van der Waals surface area contributed by atoms with E-state index < -0.39 is 11.5 Å². The number of amides is 1. The van der Waals surface area contributed by atoms with Crippen molar-refractivity contribution in [3.8, 4) is 5.75 Å². The molecule has 2 aromatic heterocycles. The second-order valence-corrected chi connectivity index (χ2v) is 9.83. The molecule has 1 aromatic carbocycles. The van der Waals surface area contributed by atoms with Gasteiger partial charge in [0.1, 0.15) is 40.7 Å². The van der Waals surface area contributed by atoms with Crippen LogP contribution in [0.15, 0.2) is 43.2 Å². The van der Waals surface area contributed by atoms with Crippen LogP contribution in [0.1, 0.15) is 19.3 Å². The molecule has 3 aliphatic rings. The molecule has 3 aromatic rings. The van der Waals surface area contributed by atoms with Gasteiger partial charge in [0.05, 0.1) is 23.3 Å². The fourth-order valence-corrected chi connectivity index (χ4v) is 5.09. The fourth-order valence-electron chi connectivity index (χ4n) is 4.87. The van der Waals surface area contributed by atoms with Crippen molar-refractivity contribution in [1.82, 2.24) is 19.9 Å². The van der Waals surface area contributed by atoms with Gasteiger partial charge in [0.15, 0.2) is 11.6 Å². The van der Waals surface area contributed by atoms with Gasteiger partial charge in [-0.15, -0.1) is 0 Å². The van der Waals surface area contributed by atoms with Gasteiger partial charge < -0.3 is 19.9 Å². The molecule has 0 spiro atoms. The van der Waals surface area contributed by atoms with E-state index in [-0.39, 0.29) is 41.1 Å². The maximum Gasteiger partial charge on any atom is 0.246 e. The first kappa shape index (κ1) is 22.9. The number of nitrogens with zero attached hydrogens (tertiary/aromatic N) is 5. The Morgan fingerprint density at radius 3 is 2.81 bits per heavy atom. The van der Waals surface area contributed by atoms with Gasteiger partial charge in [0.25, 0.3) is 0 Å². The Morgan fingerprint density at radius 2 is 2.08 bits per heavy atom. The summed E-state index contributed by atoms with van der Waals surface area (Å²) in [5.74, 6) is 0.358. The first-order chi connectivity index (χ1) is 17.3. The molecular formula is C25H23ClF2N6O2. The Labute approximate surface area is 210 Å². The number of pyridine rings is 1. The van der Waals surface area contributed by atoms with Gasteiger partial charge in [0, 0.05) is 13.1 Å². The SMILES string of the molecule is C=CC(=O)N1C[C@@H]2C[C@H]1CN2c1ccc2ncnc(Nc3ccc(OCC4(F)CC4)c(Cl)c3F)c2n1. The van der Waals surface area contributed by atoms with Crippen molar-refractivity contribution in [2.75, 3.05) is 29.9 Å². The molecular weight excluding hydrogens is 490 g/mol. The molecule has 36 heavy (non-hydrogen) atoms. The molecule has 2 saturated heterocycles. The van der Waals surface area contributed by atoms with Crippen molar-refractivity contribution in [2.45, 2.75) is 37.0 Å². The summed E-state index contributed by atoms with van der Waals surface area (Å²) in [6, 6.07) is 6.98. The number of nitrogens with one attached hydrogen (secondary N) is 1. The fraction of sp³-hybridized carbons (Fsp3) is 0.360. The van der Waals surface area contributed by atoms with Gasteiger partial charge in [-0.2, -0.15) is 0 Å². The highest BCUT2D eigenvalue weighted by molar-refractivity contribution is 6.32. The van der Waals surface area contributed by atoms with Crippen molar-refractivity contribution in [3.63, 3.8) is 0 Å². The van der Waals surface area contributed by atoms with Crippen LogP contribution in [0.5, 0.6) is 5.75 Å². The predicted octanol–water partition coefficient (Wildman–Crippen LogP) is 4.42. The summed E-state index contributed by atoms with van der Waals surface area (Å²) in [6.45, 7) is 4.72. The van der Waals surface area contributed by atoms with Crippen molar-refractivity contribution in [2.24, 2.45) is 0 Å². The zero-order valence-corrected chi connectivity index (χ0v) is 20.0. The topological polar surface area (TPSA) is 83.5 Å². The number of carbonyl (C=O) groups excluding carboxylic acids is 1. The van der Waals surface area contributed by atoms with Crippen molar-refractivity contribution >= 4 is 45.9 Å². The van der Waals surface area contributed by atoms with Crippen LogP contribution in [-0.2, 0) is 4.79 Å². The maximum absolute atomic E-state index is 15.1. The molecule has 1 saturated carbocycles. The molecule has 1 N–H and O–H groups in total. The third-order valence-electron chi connectivity index (χ3n) is 7.04. The number of aromatic nitrogens is 3. The van der Waals surface area contributed by atoms with Crippen LogP contribution >= 0.6 is 11.6 Å². The van der Waals surface area contributed by atoms with Gasteiger partial charge in [-0.1, -0.05) is 18.2 Å². The lowest BCUT2D eigenvalue weighted by Crippen LogP contribution is -2.48. The van der Waals surface area contributed by atoms with E-state index in [9.17, 15) is 9.18 Å². The first-order valence-electron chi connectivity index (χ1n) is 11.7. The second kappa shape index (κ2) is 8.55. The summed E-state index contributed by atoms with van der Waals surface area (Å²) < 4.78 is 34.3. The van der Waals surface area contributed by atoms with Gasteiger partial charge in [-0.05, 0) is 49.6 Å². The van der Waals surface area contributed by atoms with Crippen LogP contribution in [0.4, 0.5) is 26.1 Å². The molecule has 186 valence electrons. The van der Waals surface area contributed by atoms with Crippen LogP contribution in [0.2, 0.25) is 5.02 Å². The van der Waals surface area contributed by atoms with Gasteiger partial charge >= 0.3 is 0 Å². The number of carbonyl (C=O) groups is 1. The number of fused-ring (bicyclic) bond motifs is 3. The quantitative estimate of drug-likeness (QED) is 0.469. The number of benzene rings is 1. The average molecular weight is 513 g/mol. The smallest absolute Gasteiger partial charge is 0.246 e. The number of anilines is 3. The molecule has 1 aliphatic carbocycles. The van der Waals surface area contributed by atoms with E-state index in [1.54, 1.807) is 0 Å². The lowest BCUT2D eigenvalue weighted by atomic mass is 10.2. The van der Waals surface area contributed by atoms with Crippen LogP contribution in [0.25, 0.3) is 11.0 Å². The number of ether oxygens (including phenoxy) is 1. The minimum Gasteiger partial charge on any atom is -0.489 e. The molecule has 6 rings (SSSR count). The van der Waals surface area contributed by atoms with Crippen LogP contribution in [-0.4, -0.2) is 63.2 Å². The Balaban J connectivity index is 1.25. The van der Waals surface area contributed by atoms with Crippen LogP contribution in [0, 0.1) is 5.82 Å². The van der Waals surface area contributed by atoms with Gasteiger partial charge in [-0.3, -0.25) is 4.79 Å². The standard InChI is InChI=1S/C25H23ClF2N6O2/c1-2-20(35)34-11-14-9-15(34)10-33(14)19-6-4-17-23(32-19)24(30-13-29-17)31-16-3-5-18(21(26)22(16)27)36-12-25(28)7-8-25/h2-6,13-15H,1,7-12H2,(H,29,30,31)/t14-,15-/m0/s1. The van der Waals surface area contributed by atoms with Crippen molar-refractivity contribution in [3.05, 3.63) is 54.1 Å². The number of piperazine rings is 1. The number of hydrogen-bond acceptors (Lipinski definition) is 7. The van der Waals surface area contributed by atoms with E-state index in [1.807, 2.05) is 17.0 Å². The summed E-state index contributed by atoms with van der Waals surface area (Å²) in [7, 11) is 0. The number of alkyl halides is 1. The van der Waals surface area contributed by atoms with Gasteiger partial charge in [0.2, 0.25) is 5.91 Å². The van der Waals surface area contributed by atoms with E-state index in [0.29, 0.717) is 42.8 Å². The lowest BCUT2D eigenvalue weighted by molar-refractivity contribution is -0.127. The predicted molar refractivity (Wildman–Crippen MR) is 132 cm³/mol. The maximum atomic E-state index is 15.1. The number of hydrogen-bond donors (Lipinski definition) is 1. The van der Waals surface area contributed by atoms with E-state index in [2.05, 4.69) is 26.8 Å². The van der Waals surface area contributed by atoms with Crippen molar-refractivity contribution in [1.29, 1.82) is 0 Å². The summed E-state index contributed by atoms with van der Waals surface area (Å²) >= 11 is 6.17. The van der Waals surface area contributed by atoms with Crippen molar-refractivity contribution < 1.29 is 18.3 Å². The first-order valence-corrected chi connectivity index (χ1v) is 12.1. The Hall–Kier alpha value is -3.53. The molecule has 11 heteroatoms. The summed E-state index contributed by atoms with van der Waals surface area (Å²) in [5, 5.41) is 2.73. The minimum absolute atomic E-state index is 0.0534. The van der Waals surface area contributed by atoms with E-state index in [1.165, 1.54) is 24.5 Å². The third kappa shape index (κ3) is 3.99. The molecule has 1 amide bonds.